The van der Waals surface area contributed by atoms with Crippen LogP contribution in [0.3, 0.4) is 0 Å². The molecule has 0 bridgehead atoms. The molecule has 0 N–H and O–H groups in total. The summed E-state index contributed by atoms with van der Waals surface area (Å²) >= 11 is 1.84. The fourth-order valence-electron chi connectivity index (χ4n) is 6.39. The molecule has 47 heavy (non-hydrogen) atoms. The molecule has 0 amide bonds. The molecule has 0 unspecified atom stereocenters. The van der Waals surface area contributed by atoms with Crippen LogP contribution in [0.5, 0.6) is 0 Å². The number of hydrogen-bond acceptors (Lipinski definition) is 4. The van der Waals surface area contributed by atoms with E-state index in [0.717, 1.165) is 27.6 Å². The topological polar surface area (TPSA) is 38.7 Å². The summed E-state index contributed by atoms with van der Waals surface area (Å²) in [5.41, 5.74) is 7.57. The van der Waals surface area contributed by atoms with Crippen molar-refractivity contribution in [3.8, 4) is 56.4 Å². The van der Waals surface area contributed by atoms with Gasteiger partial charge in [-0.2, -0.15) is 0 Å². The van der Waals surface area contributed by atoms with Gasteiger partial charge in [-0.25, -0.2) is 15.0 Å². The minimum Gasteiger partial charge on any atom is -0.208 e. The first kappa shape index (κ1) is 27.3. The first-order chi connectivity index (χ1) is 23.3. The Morgan fingerprint density at radius 2 is 0.872 bits per heavy atom. The zero-order chi connectivity index (χ0) is 31.2. The van der Waals surface area contributed by atoms with Gasteiger partial charge in [-0.05, 0) is 57.3 Å². The molecule has 0 saturated carbocycles. The second-order valence-corrected chi connectivity index (χ2v) is 12.8. The molecule has 9 rings (SSSR count). The summed E-state index contributed by atoms with van der Waals surface area (Å²) in [7, 11) is 0. The molecule has 0 atom stereocenters. The highest BCUT2D eigenvalue weighted by Gasteiger charge is 2.15. The van der Waals surface area contributed by atoms with Gasteiger partial charge in [0.25, 0.3) is 0 Å². The highest BCUT2D eigenvalue weighted by atomic mass is 32.1. The molecule has 220 valence electrons. The molecule has 3 nitrogen and oxygen atoms in total. The molecule has 0 spiro atoms. The predicted octanol–water partition coefficient (Wildman–Crippen LogP) is 11.7. The Balaban J connectivity index is 1.16. The zero-order valence-corrected chi connectivity index (χ0v) is 26.2. The van der Waals surface area contributed by atoms with Crippen LogP contribution in [0.25, 0.3) is 87.4 Å². The molecular formula is C43H27N3S. The van der Waals surface area contributed by atoms with Gasteiger partial charge in [-0.15, -0.1) is 11.3 Å². The molecule has 0 aliphatic carbocycles. The van der Waals surface area contributed by atoms with Crippen LogP contribution in [0.4, 0.5) is 0 Å². The van der Waals surface area contributed by atoms with E-state index >= 15 is 0 Å². The van der Waals surface area contributed by atoms with E-state index in [4.69, 9.17) is 15.0 Å². The standard InChI is InChI=1S/C43H27N3S/c1-3-11-28(12-4-1)35-19-10-16-32-26-34(22-23-36(32)35)43-45-41(29-13-5-2-6-14-29)44-42(46-43)33-17-9-15-30(25-33)31-21-24-38-37-18-7-8-20-39(37)47-40(38)27-31/h1-27H. The summed E-state index contributed by atoms with van der Waals surface area (Å²) in [6.45, 7) is 0. The van der Waals surface area contributed by atoms with Gasteiger partial charge in [0.15, 0.2) is 17.5 Å². The highest BCUT2D eigenvalue weighted by Crippen LogP contribution is 2.37. The van der Waals surface area contributed by atoms with Crippen LogP contribution in [0.2, 0.25) is 0 Å². The van der Waals surface area contributed by atoms with Gasteiger partial charge in [0.2, 0.25) is 0 Å². The third-order valence-electron chi connectivity index (χ3n) is 8.72. The van der Waals surface area contributed by atoms with E-state index in [-0.39, 0.29) is 0 Å². The maximum atomic E-state index is 5.08. The summed E-state index contributed by atoms with van der Waals surface area (Å²) < 4.78 is 2.60. The summed E-state index contributed by atoms with van der Waals surface area (Å²) in [5.74, 6) is 1.95. The molecule has 0 fully saturated rings. The third-order valence-corrected chi connectivity index (χ3v) is 9.86. The van der Waals surface area contributed by atoms with Crippen LogP contribution in [0.15, 0.2) is 164 Å². The van der Waals surface area contributed by atoms with Gasteiger partial charge in [0.05, 0.1) is 0 Å². The second kappa shape index (κ2) is 11.4. The molecule has 0 saturated heterocycles. The lowest BCUT2D eigenvalue weighted by Crippen LogP contribution is -2.00. The Kier molecular flexibility index (Phi) is 6.65. The van der Waals surface area contributed by atoms with Crippen molar-refractivity contribution in [2.24, 2.45) is 0 Å². The number of benzene rings is 7. The van der Waals surface area contributed by atoms with Gasteiger partial charge in [0, 0.05) is 36.9 Å². The molecule has 9 aromatic rings. The number of hydrogen-bond donors (Lipinski definition) is 0. The molecule has 4 heteroatoms. The summed E-state index contributed by atoms with van der Waals surface area (Å²) in [5, 5.41) is 4.95. The number of nitrogens with zero attached hydrogens (tertiary/aromatic N) is 3. The summed E-state index contributed by atoms with van der Waals surface area (Å²) in [6, 6.07) is 57.5. The van der Waals surface area contributed by atoms with E-state index in [0.29, 0.717) is 17.5 Å². The van der Waals surface area contributed by atoms with Crippen LogP contribution in [-0.2, 0) is 0 Å². The van der Waals surface area contributed by atoms with E-state index in [2.05, 4.69) is 133 Å². The average molecular weight is 618 g/mol. The maximum Gasteiger partial charge on any atom is 0.164 e. The van der Waals surface area contributed by atoms with E-state index in [1.54, 1.807) is 0 Å². The Hall–Kier alpha value is -5.97. The van der Waals surface area contributed by atoms with Crippen molar-refractivity contribution < 1.29 is 0 Å². The zero-order valence-electron chi connectivity index (χ0n) is 25.3. The van der Waals surface area contributed by atoms with Gasteiger partial charge >= 0.3 is 0 Å². The Bertz CT molecular complexity index is 2570. The van der Waals surface area contributed by atoms with Gasteiger partial charge in [0.1, 0.15) is 0 Å². The Morgan fingerprint density at radius 1 is 0.319 bits per heavy atom. The minimum atomic E-state index is 0.650. The smallest absolute Gasteiger partial charge is 0.164 e. The van der Waals surface area contributed by atoms with Crippen LogP contribution in [0, 0.1) is 0 Å². The Morgan fingerprint density at radius 3 is 1.68 bits per heavy atom. The van der Waals surface area contributed by atoms with Crippen LogP contribution in [0.1, 0.15) is 0 Å². The molecule has 2 heterocycles. The predicted molar refractivity (Wildman–Crippen MR) is 197 cm³/mol. The molecule has 0 aliphatic rings. The number of rotatable bonds is 5. The van der Waals surface area contributed by atoms with Gasteiger partial charge < -0.3 is 0 Å². The van der Waals surface area contributed by atoms with E-state index in [9.17, 15) is 0 Å². The summed E-state index contributed by atoms with van der Waals surface area (Å²) in [4.78, 5) is 15.1. The van der Waals surface area contributed by atoms with Crippen molar-refractivity contribution in [3.05, 3.63) is 164 Å². The Labute approximate surface area is 276 Å². The fraction of sp³-hybridized carbons (Fsp3) is 0. The molecule has 7 aromatic carbocycles. The van der Waals surface area contributed by atoms with Crippen molar-refractivity contribution >= 4 is 42.3 Å². The lowest BCUT2D eigenvalue weighted by atomic mass is 9.97. The third kappa shape index (κ3) is 5.05. The molecule has 2 aromatic heterocycles. The number of aromatic nitrogens is 3. The number of thiophene rings is 1. The van der Waals surface area contributed by atoms with Crippen LogP contribution >= 0.6 is 11.3 Å². The highest BCUT2D eigenvalue weighted by molar-refractivity contribution is 7.25. The van der Waals surface area contributed by atoms with Crippen molar-refractivity contribution in [2.45, 2.75) is 0 Å². The lowest BCUT2D eigenvalue weighted by Gasteiger charge is -2.11. The molecule has 0 aliphatic heterocycles. The largest absolute Gasteiger partial charge is 0.208 e. The first-order valence-electron chi connectivity index (χ1n) is 15.7. The minimum absolute atomic E-state index is 0.650. The SMILES string of the molecule is c1ccc(-c2nc(-c3cccc(-c4ccc5c(c4)sc4ccccc45)c3)nc(-c3ccc4c(-c5ccccc5)cccc4c3)n2)cc1. The average Bonchev–Trinajstić information content (AvgIpc) is 3.53. The fourth-order valence-corrected chi connectivity index (χ4v) is 7.53. The first-order valence-corrected chi connectivity index (χ1v) is 16.5. The van der Waals surface area contributed by atoms with Crippen molar-refractivity contribution in [2.75, 3.05) is 0 Å². The maximum absolute atomic E-state index is 5.08. The van der Waals surface area contributed by atoms with E-state index in [1.807, 2.05) is 41.7 Å². The van der Waals surface area contributed by atoms with Crippen molar-refractivity contribution in [1.29, 1.82) is 0 Å². The van der Waals surface area contributed by atoms with E-state index in [1.165, 1.54) is 42.2 Å². The molecule has 0 radical (unpaired) electrons. The number of fused-ring (bicyclic) bond motifs is 4. The quantitative estimate of drug-likeness (QED) is 0.193. The van der Waals surface area contributed by atoms with Crippen LogP contribution < -0.4 is 0 Å². The molecular weight excluding hydrogens is 591 g/mol. The second-order valence-electron chi connectivity index (χ2n) is 11.7. The summed E-state index contributed by atoms with van der Waals surface area (Å²) in [6.07, 6.45) is 0. The lowest BCUT2D eigenvalue weighted by molar-refractivity contribution is 1.07. The van der Waals surface area contributed by atoms with Crippen molar-refractivity contribution in [3.63, 3.8) is 0 Å². The monoisotopic (exact) mass is 617 g/mol. The van der Waals surface area contributed by atoms with E-state index < -0.39 is 0 Å². The van der Waals surface area contributed by atoms with Crippen molar-refractivity contribution in [1.82, 2.24) is 15.0 Å². The van der Waals surface area contributed by atoms with Crippen LogP contribution in [-0.4, -0.2) is 15.0 Å². The van der Waals surface area contributed by atoms with Gasteiger partial charge in [-0.3, -0.25) is 0 Å². The van der Waals surface area contributed by atoms with Gasteiger partial charge in [-0.1, -0.05) is 140 Å². The normalized spacial score (nSPS) is 11.4.